The molecule has 0 aliphatic carbocycles. The van der Waals surface area contributed by atoms with Crippen molar-refractivity contribution in [3.8, 4) is 11.8 Å². The Labute approximate surface area is 178 Å². The number of rotatable bonds is 1. The number of hydrogen-bond acceptors (Lipinski definition) is 5. The van der Waals surface area contributed by atoms with E-state index in [-0.39, 0.29) is 17.3 Å². The second kappa shape index (κ2) is 6.12. The van der Waals surface area contributed by atoms with Crippen LogP contribution in [-0.4, -0.2) is 22.7 Å². The Balaban J connectivity index is 1.89. The topological polar surface area (TPSA) is 100.0 Å². The van der Waals surface area contributed by atoms with Gasteiger partial charge in [-0.3, -0.25) is 4.79 Å². The van der Waals surface area contributed by atoms with Crippen molar-refractivity contribution >= 4 is 29.0 Å². The van der Waals surface area contributed by atoms with Crippen LogP contribution in [0, 0.1) is 18.3 Å². The summed E-state index contributed by atoms with van der Waals surface area (Å²) in [5.41, 5.74) is 8.63. The van der Waals surface area contributed by atoms with Gasteiger partial charge < -0.3 is 16.0 Å². The van der Waals surface area contributed by atoms with Gasteiger partial charge in [0.2, 0.25) is 5.91 Å². The minimum Gasteiger partial charge on any atom is -0.384 e. The number of amides is 1. The number of fused-ring (bicyclic) bond motifs is 4. The summed E-state index contributed by atoms with van der Waals surface area (Å²) in [7, 11) is 1.71. The average molecular weight is 417 g/mol. The number of para-hydroxylation sites is 1. The van der Waals surface area contributed by atoms with E-state index in [1.165, 1.54) is 0 Å². The maximum Gasteiger partial charge on any atom is 0.247 e. The van der Waals surface area contributed by atoms with E-state index in [2.05, 4.69) is 11.4 Å². The Hall–Kier alpha value is -3.76. The Morgan fingerprint density at radius 2 is 1.90 bits per heavy atom. The van der Waals surface area contributed by atoms with Crippen molar-refractivity contribution in [3.05, 3.63) is 81.8 Å². The molecule has 0 saturated carbocycles. The number of nitrogens with two attached hydrogens (primary N) is 1. The predicted molar refractivity (Wildman–Crippen MR) is 114 cm³/mol. The molecule has 2 aromatic carbocycles. The van der Waals surface area contributed by atoms with Crippen molar-refractivity contribution in [2.24, 2.45) is 5.73 Å². The van der Waals surface area contributed by atoms with E-state index in [0.29, 0.717) is 22.1 Å². The highest BCUT2D eigenvalue weighted by Gasteiger charge is 2.59. The van der Waals surface area contributed by atoms with Crippen LogP contribution in [-0.2, 0) is 10.2 Å². The molecule has 1 spiro atoms. The zero-order valence-electron chi connectivity index (χ0n) is 16.3. The minimum absolute atomic E-state index is 0.138. The van der Waals surface area contributed by atoms with Gasteiger partial charge >= 0.3 is 0 Å². The third-order valence-electron chi connectivity index (χ3n) is 5.81. The van der Waals surface area contributed by atoms with Gasteiger partial charge in [-0.05, 0) is 37.3 Å². The summed E-state index contributed by atoms with van der Waals surface area (Å²) in [5.74, 6) is 0.466. The summed E-state index contributed by atoms with van der Waals surface area (Å²) in [5, 5.41) is 18.5. The van der Waals surface area contributed by atoms with Crippen LogP contribution in [0.4, 0.5) is 11.5 Å². The third-order valence-corrected chi connectivity index (χ3v) is 6.06. The molecule has 0 saturated heterocycles. The van der Waals surface area contributed by atoms with Crippen molar-refractivity contribution < 1.29 is 4.79 Å². The first-order valence-corrected chi connectivity index (χ1v) is 9.70. The number of aromatic nitrogens is 2. The Morgan fingerprint density at radius 1 is 1.20 bits per heavy atom. The number of nitrogens with zero attached hydrogens (tertiary/aromatic N) is 4. The molecule has 1 amide bonds. The number of hydrogen-bond donors (Lipinski definition) is 2. The fourth-order valence-corrected chi connectivity index (χ4v) is 4.69. The smallest absolute Gasteiger partial charge is 0.247 e. The van der Waals surface area contributed by atoms with Crippen LogP contribution in [0.25, 0.3) is 5.69 Å². The molecule has 7 nitrogen and oxygen atoms in total. The maximum absolute atomic E-state index is 13.8. The highest BCUT2D eigenvalue weighted by Crippen LogP contribution is 2.55. The molecular formula is C22H17ClN6O. The quantitative estimate of drug-likeness (QED) is 0.634. The number of nitrogens with one attached hydrogen (secondary N) is 1. The number of halogens is 1. The van der Waals surface area contributed by atoms with E-state index in [1.54, 1.807) is 28.8 Å². The molecule has 3 aromatic rings. The molecule has 0 fully saturated rings. The van der Waals surface area contributed by atoms with Crippen molar-refractivity contribution in [2.75, 3.05) is 17.3 Å². The Bertz CT molecular complexity index is 1300. The second-order valence-electron chi connectivity index (χ2n) is 7.35. The Kier molecular flexibility index (Phi) is 3.73. The number of likely N-dealkylation sites (N-methyl/N-ethyl adjacent to an activating group) is 1. The van der Waals surface area contributed by atoms with Gasteiger partial charge in [0.15, 0.2) is 0 Å². The van der Waals surface area contributed by atoms with Gasteiger partial charge in [0.25, 0.3) is 0 Å². The van der Waals surface area contributed by atoms with Crippen LogP contribution in [0.5, 0.6) is 0 Å². The lowest BCUT2D eigenvalue weighted by atomic mass is 9.68. The largest absolute Gasteiger partial charge is 0.384 e. The van der Waals surface area contributed by atoms with E-state index in [1.807, 2.05) is 43.3 Å². The number of carbonyl (C=O) groups is 1. The fourth-order valence-electron chi connectivity index (χ4n) is 4.56. The summed E-state index contributed by atoms with van der Waals surface area (Å²) < 4.78 is 1.69. The first-order chi connectivity index (χ1) is 14.4. The van der Waals surface area contributed by atoms with Gasteiger partial charge in [0.05, 0.1) is 17.0 Å². The molecule has 3 heterocycles. The van der Waals surface area contributed by atoms with E-state index in [4.69, 9.17) is 22.4 Å². The van der Waals surface area contributed by atoms with E-state index >= 15 is 0 Å². The summed E-state index contributed by atoms with van der Waals surface area (Å²) in [6, 6.07) is 16.9. The molecule has 8 heteroatoms. The minimum atomic E-state index is -1.35. The van der Waals surface area contributed by atoms with Gasteiger partial charge in [0, 0.05) is 28.9 Å². The molecule has 1 aromatic heterocycles. The Morgan fingerprint density at radius 3 is 2.60 bits per heavy atom. The lowest BCUT2D eigenvalue weighted by Gasteiger charge is -2.34. The van der Waals surface area contributed by atoms with E-state index in [9.17, 15) is 10.1 Å². The highest BCUT2D eigenvalue weighted by atomic mass is 35.5. The van der Waals surface area contributed by atoms with Crippen molar-refractivity contribution in [2.45, 2.75) is 12.3 Å². The molecule has 0 bridgehead atoms. The van der Waals surface area contributed by atoms with Crippen molar-refractivity contribution in [3.63, 3.8) is 0 Å². The monoisotopic (exact) mass is 416 g/mol. The third kappa shape index (κ3) is 2.09. The van der Waals surface area contributed by atoms with Crippen LogP contribution < -0.4 is 16.0 Å². The zero-order chi connectivity index (χ0) is 21.2. The zero-order valence-corrected chi connectivity index (χ0v) is 17.0. The first kappa shape index (κ1) is 18.3. The molecule has 2 aliphatic rings. The van der Waals surface area contributed by atoms with Gasteiger partial charge in [-0.1, -0.05) is 29.8 Å². The number of anilines is 2. The molecule has 148 valence electrons. The summed E-state index contributed by atoms with van der Waals surface area (Å²) in [6.45, 7) is 1.83. The molecule has 5 rings (SSSR count). The van der Waals surface area contributed by atoms with Gasteiger partial charge in [-0.15, -0.1) is 0 Å². The molecular weight excluding hydrogens is 400 g/mol. The average Bonchev–Trinajstić information content (AvgIpc) is 3.18. The molecule has 2 aliphatic heterocycles. The van der Waals surface area contributed by atoms with Crippen LogP contribution in [0.2, 0.25) is 5.02 Å². The lowest BCUT2D eigenvalue weighted by Crippen LogP contribution is -2.45. The summed E-state index contributed by atoms with van der Waals surface area (Å²) in [4.78, 5) is 15.3. The standard InChI is InChI=1S/C22H17ClN6O/c1-12-18-20(29(27-12)14-9-7-13(23)8-10-14)26-19(25)16(11-24)22(18)15-5-3-4-6-17(15)28(2)21(22)30/h3-10,26H,25H2,1-2H3. The number of benzene rings is 2. The number of aryl methyl sites for hydroxylation is 1. The van der Waals surface area contributed by atoms with E-state index < -0.39 is 5.41 Å². The van der Waals surface area contributed by atoms with Crippen LogP contribution in [0.15, 0.2) is 59.9 Å². The summed E-state index contributed by atoms with van der Waals surface area (Å²) in [6.07, 6.45) is 0. The predicted octanol–water partition coefficient (Wildman–Crippen LogP) is 3.22. The van der Waals surface area contributed by atoms with Gasteiger partial charge in [-0.2, -0.15) is 10.4 Å². The van der Waals surface area contributed by atoms with Gasteiger partial charge in [-0.25, -0.2) is 4.68 Å². The molecule has 3 N–H and O–H groups in total. The van der Waals surface area contributed by atoms with Gasteiger partial charge in [0.1, 0.15) is 23.1 Å². The van der Waals surface area contributed by atoms with Crippen LogP contribution in [0.1, 0.15) is 16.8 Å². The maximum atomic E-state index is 13.8. The SMILES string of the molecule is Cc1nn(-c2ccc(Cl)cc2)c2c1C1(C(=O)N(C)c3ccccc31)C(C#N)=C(N)N2. The molecule has 0 radical (unpaired) electrons. The van der Waals surface area contributed by atoms with Crippen molar-refractivity contribution in [1.29, 1.82) is 5.26 Å². The lowest BCUT2D eigenvalue weighted by molar-refractivity contribution is -0.120. The van der Waals surface area contributed by atoms with E-state index in [0.717, 1.165) is 16.9 Å². The highest BCUT2D eigenvalue weighted by molar-refractivity contribution is 6.30. The molecule has 1 unspecified atom stereocenters. The molecule has 1 atom stereocenters. The number of nitriles is 1. The normalized spacial score (nSPS) is 19.5. The first-order valence-electron chi connectivity index (χ1n) is 9.32. The fraction of sp³-hybridized carbons (Fsp3) is 0.136. The molecule has 30 heavy (non-hydrogen) atoms. The second-order valence-corrected chi connectivity index (χ2v) is 7.79. The van der Waals surface area contributed by atoms with Crippen molar-refractivity contribution in [1.82, 2.24) is 9.78 Å². The van der Waals surface area contributed by atoms with Crippen LogP contribution in [0.3, 0.4) is 0 Å². The van der Waals surface area contributed by atoms with Crippen LogP contribution >= 0.6 is 11.6 Å². The number of carbonyl (C=O) groups excluding carboxylic acids is 1. The summed E-state index contributed by atoms with van der Waals surface area (Å²) >= 11 is 6.04.